The van der Waals surface area contributed by atoms with Crippen LogP contribution in [0.5, 0.6) is 17.2 Å². The minimum atomic E-state index is -1.05. The van der Waals surface area contributed by atoms with E-state index in [1.54, 1.807) is 0 Å². The van der Waals surface area contributed by atoms with Crippen LogP contribution in [0.1, 0.15) is 24.5 Å². The summed E-state index contributed by atoms with van der Waals surface area (Å²) < 4.78 is 5.55. The van der Waals surface area contributed by atoms with Gasteiger partial charge in [-0.15, -0.1) is 0 Å². The molecule has 3 rings (SSSR count). The Balaban J connectivity index is 1.98. The molecule has 1 fully saturated rings. The summed E-state index contributed by atoms with van der Waals surface area (Å²) in [6, 6.07) is 2.31. The molecule has 0 saturated carbocycles. The molecule has 1 aromatic rings. The minimum Gasteiger partial charge on any atom is -0.511 e. The zero-order chi connectivity index (χ0) is 16.0. The van der Waals surface area contributed by atoms with Gasteiger partial charge in [-0.3, -0.25) is 4.79 Å². The predicted octanol–water partition coefficient (Wildman–Crippen LogP) is 1.29. The Kier molecular flexibility index (Phi) is 3.22. The second kappa shape index (κ2) is 4.96. The number of phenolic OH excluding ortho intramolecular Hbond substituents is 3. The molecule has 22 heavy (non-hydrogen) atoms. The third-order valence-electron chi connectivity index (χ3n) is 3.72. The zero-order valence-electron chi connectivity index (χ0n) is 11.4. The quantitative estimate of drug-likeness (QED) is 0.495. The largest absolute Gasteiger partial charge is 0.511 e. The summed E-state index contributed by atoms with van der Waals surface area (Å²) in [5, 5.41) is 48.4. The topological polar surface area (TPSA) is 127 Å². The molecule has 5 N–H and O–H groups in total. The van der Waals surface area contributed by atoms with E-state index in [1.807, 2.05) is 0 Å². The fourth-order valence-electron chi connectivity index (χ4n) is 2.63. The highest BCUT2D eigenvalue weighted by Gasteiger charge is 2.36. The first-order chi connectivity index (χ1) is 10.4. The van der Waals surface area contributed by atoms with Crippen LogP contribution in [-0.4, -0.2) is 37.4 Å². The molecule has 0 bridgehead atoms. The first-order valence-electron chi connectivity index (χ1n) is 6.62. The van der Waals surface area contributed by atoms with Crippen molar-refractivity contribution in [1.29, 1.82) is 0 Å². The molecule has 0 radical (unpaired) electrons. The molecule has 1 aromatic carbocycles. The van der Waals surface area contributed by atoms with Gasteiger partial charge in [0.2, 0.25) is 0 Å². The monoisotopic (exact) mass is 306 g/mol. The molecule has 116 valence electrons. The molecule has 1 saturated heterocycles. The molecule has 7 heteroatoms. The van der Waals surface area contributed by atoms with Crippen LogP contribution >= 0.6 is 0 Å². The summed E-state index contributed by atoms with van der Waals surface area (Å²) in [6.45, 7) is 0. The first kappa shape index (κ1) is 14.3. The summed E-state index contributed by atoms with van der Waals surface area (Å²) in [7, 11) is 0. The van der Waals surface area contributed by atoms with Crippen LogP contribution in [0.25, 0.3) is 0 Å². The fourth-order valence-corrected chi connectivity index (χ4v) is 2.63. The summed E-state index contributed by atoms with van der Waals surface area (Å²) in [5.74, 6) is -2.05. The highest BCUT2D eigenvalue weighted by atomic mass is 16.5. The number of benzene rings is 1. The SMILES string of the molecule is O=C1C=C2O[C@H](c3cc(O)c(O)c(O)c3)[C@H](O)CC2=C(O)C1. The maximum Gasteiger partial charge on any atom is 0.200 e. The number of carbonyl (C=O) groups excluding carboxylic acids is 1. The number of ketones is 1. The van der Waals surface area contributed by atoms with Crippen LogP contribution < -0.4 is 0 Å². The van der Waals surface area contributed by atoms with Crippen molar-refractivity contribution in [3.63, 3.8) is 0 Å². The van der Waals surface area contributed by atoms with Crippen molar-refractivity contribution in [3.8, 4) is 17.2 Å². The summed E-state index contributed by atoms with van der Waals surface area (Å²) in [5.41, 5.74) is 0.605. The van der Waals surface area contributed by atoms with Gasteiger partial charge < -0.3 is 30.3 Å². The van der Waals surface area contributed by atoms with Crippen LogP contribution in [-0.2, 0) is 9.53 Å². The van der Waals surface area contributed by atoms with E-state index in [0.29, 0.717) is 5.57 Å². The first-order valence-corrected chi connectivity index (χ1v) is 6.62. The number of ether oxygens (including phenoxy) is 1. The Morgan fingerprint density at radius 2 is 1.73 bits per heavy atom. The lowest BCUT2D eigenvalue weighted by molar-refractivity contribution is -0.115. The molecule has 0 amide bonds. The van der Waals surface area contributed by atoms with E-state index in [9.17, 15) is 30.3 Å². The van der Waals surface area contributed by atoms with Crippen molar-refractivity contribution in [3.05, 3.63) is 40.9 Å². The van der Waals surface area contributed by atoms with E-state index < -0.39 is 29.5 Å². The number of fused-ring (bicyclic) bond motifs is 1. The molecule has 0 unspecified atom stereocenters. The molecule has 0 spiro atoms. The Bertz CT molecular complexity index is 694. The van der Waals surface area contributed by atoms with Crippen molar-refractivity contribution in [2.75, 3.05) is 0 Å². The number of aliphatic hydroxyl groups excluding tert-OH is 2. The van der Waals surface area contributed by atoms with E-state index in [-0.39, 0.29) is 35.7 Å². The molecular weight excluding hydrogens is 292 g/mol. The Morgan fingerprint density at radius 1 is 1.09 bits per heavy atom. The fraction of sp³-hybridized carbons (Fsp3) is 0.267. The van der Waals surface area contributed by atoms with Gasteiger partial charge in [0, 0.05) is 23.6 Å². The third-order valence-corrected chi connectivity index (χ3v) is 3.72. The van der Waals surface area contributed by atoms with Crippen molar-refractivity contribution in [2.24, 2.45) is 0 Å². The average molecular weight is 306 g/mol. The van der Waals surface area contributed by atoms with Crippen LogP contribution in [0.3, 0.4) is 0 Å². The van der Waals surface area contributed by atoms with Crippen molar-refractivity contribution < 1.29 is 35.1 Å². The number of allylic oxidation sites excluding steroid dienone is 3. The molecular formula is C15H14O7. The van der Waals surface area contributed by atoms with Gasteiger partial charge in [0.25, 0.3) is 0 Å². The zero-order valence-corrected chi connectivity index (χ0v) is 11.4. The van der Waals surface area contributed by atoms with Crippen molar-refractivity contribution >= 4 is 5.78 Å². The molecule has 1 heterocycles. The van der Waals surface area contributed by atoms with Gasteiger partial charge >= 0.3 is 0 Å². The Labute approximate surface area is 125 Å². The molecule has 1 aliphatic heterocycles. The Morgan fingerprint density at radius 3 is 2.36 bits per heavy atom. The van der Waals surface area contributed by atoms with E-state index in [1.165, 1.54) is 6.08 Å². The van der Waals surface area contributed by atoms with Gasteiger partial charge in [-0.05, 0) is 12.1 Å². The second-order valence-corrected chi connectivity index (χ2v) is 5.29. The molecule has 1 aliphatic carbocycles. The maximum atomic E-state index is 11.5. The van der Waals surface area contributed by atoms with Crippen molar-refractivity contribution in [2.45, 2.75) is 25.0 Å². The van der Waals surface area contributed by atoms with Gasteiger partial charge in [-0.1, -0.05) is 0 Å². The summed E-state index contributed by atoms with van der Waals surface area (Å²) in [4.78, 5) is 11.5. The third kappa shape index (κ3) is 2.25. The summed E-state index contributed by atoms with van der Waals surface area (Å²) in [6.07, 6.45) is -0.816. The average Bonchev–Trinajstić information content (AvgIpc) is 2.44. The van der Waals surface area contributed by atoms with Gasteiger partial charge in [-0.2, -0.15) is 0 Å². The lowest BCUT2D eigenvalue weighted by Crippen LogP contribution is -2.30. The van der Waals surface area contributed by atoms with Crippen LogP contribution in [0, 0.1) is 0 Å². The summed E-state index contributed by atoms with van der Waals surface area (Å²) >= 11 is 0. The number of phenols is 3. The maximum absolute atomic E-state index is 11.5. The molecule has 0 aromatic heterocycles. The van der Waals surface area contributed by atoms with Crippen LogP contribution in [0.4, 0.5) is 0 Å². The number of rotatable bonds is 1. The number of aliphatic hydroxyl groups is 2. The molecule has 7 nitrogen and oxygen atoms in total. The van der Waals surface area contributed by atoms with E-state index in [2.05, 4.69) is 0 Å². The Hall–Kier alpha value is -2.67. The van der Waals surface area contributed by atoms with Crippen LogP contribution in [0.15, 0.2) is 35.3 Å². The standard InChI is InChI=1S/C15H14O7/c16-7-3-9(17)8-5-12(20)15(22-13(8)4-7)6-1-10(18)14(21)11(19)2-6/h1-2,4,12,15,17-21H,3,5H2/t12-,15-/m1/s1. The van der Waals surface area contributed by atoms with Gasteiger partial charge in [0.1, 0.15) is 11.5 Å². The lowest BCUT2D eigenvalue weighted by Gasteiger charge is -2.34. The van der Waals surface area contributed by atoms with Gasteiger partial charge in [-0.25, -0.2) is 0 Å². The van der Waals surface area contributed by atoms with E-state index in [4.69, 9.17) is 4.74 Å². The number of aromatic hydroxyl groups is 3. The second-order valence-electron chi connectivity index (χ2n) is 5.29. The van der Waals surface area contributed by atoms with Crippen molar-refractivity contribution in [1.82, 2.24) is 0 Å². The number of hydrogen-bond donors (Lipinski definition) is 5. The lowest BCUT2D eigenvalue weighted by atomic mass is 9.89. The normalized spacial score (nSPS) is 24.6. The van der Waals surface area contributed by atoms with Crippen LogP contribution in [0.2, 0.25) is 0 Å². The predicted molar refractivity (Wildman–Crippen MR) is 73.2 cm³/mol. The smallest absolute Gasteiger partial charge is 0.200 e. The molecule has 2 atom stereocenters. The van der Waals surface area contributed by atoms with E-state index in [0.717, 1.165) is 12.1 Å². The highest BCUT2D eigenvalue weighted by Crippen LogP contribution is 2.44. The van der Waals surface area contributed by atoms with Gasteiger partial charge in [0.05, 0.1) is 12.5 Å². The minimum absolute atomic E-state index is 0.0675. The van der Waals surface area contributed by atoms with Gasteiger partial charge in [0.15, 0.2) is 29.1 Å². The molecule has 2 aliphatic rings. The van der Waals surface area contributed by atoms with E-state index >= 15 is 0 Å². The number of hydrogen-bond acceptors (Lipinski definition) is 7. The number of carbonyl (C=O) groups is 1. The highest BCUT2D eigenvalue weighted by molar-refractivity contribution is 5.94.